The third-order valence-corrected chi connectivity index (χ3v) is 2.11. The van der Waals surface area contributed by atoms with Crippen LogP contribution in [-0.2, 0) is 4.74 Å². The molecule has 0 spiro atoms. The zero-order chi connectivity index (χ0) is 10.1. The highest BCUT2D eigenvalue weighted by molar-refractivity contribution is 4.55. The summed E-state index contributed by atoms with van der Waals surface area (Å²) in [5.74, 6) is 0. The zero-order valence-electron chi connectivity index (χ0n) is 9.38. The van der Waals surface area contributed by atoms with Crippen molar-refractivity contribution in [1.29, 1.82) is 0 Å². The van der Waals surface area contributed by atoms with Crippen LogP contribution in [0.2, 0.25) is 0 Å². The van der Waals surface area contributed by atoms with Gasteiger partial charge in [0.1, 0.15) is 0 Å². The zero-order valence-corrected chi connectivity index (χ0v) is 9.38. The van der Waals surface area contributed by atoms with E-state index < -0.39 is 0 Å². The number of rotatable bonds is 8. The molecule has 13 heavy (non-hydrogen) atoms. The highest BCUT2D eigenvalue weighted by Crippen LogP contribution is 2.07. The van der Waals surface area contributed by atoms with Crippen molar-refractivity contribution in [1.82, 2.24) is 0 Å². The lowest BCUT2D eigenvalue weighted by molar-refractivity contribution is 0.0517. The van der Waals surface area contributed by atoms with Gasteiger partial charge in [-0.3, -0.25) is 0 Å². The minimum Gasteiger partial charge on any atom is -0.377 e. The molecule has 0 aromatic heterocycles. The molecule has 0 amide bonds. The van der Waals surface area contributed by atoms with Gasteiger partial charge < -0.3 is 10.5 Å². The van der Waals surface area contributed by atoms with Crippen LogP contribution in [0.25, 0.3) is 0 Å². The minimum absolute atomic E-state index is 0.165. The van der Waals surface area contributed by atoms with Crippen molar-refractivity contribution < 1.29 is 4.74 Å². The van der Waals surface area contributed by atoms with E-state index >= 15 is 0 Å². The lowest BCUT2D eigenvalue weighted by Crippen LogP contribution is -2.24. The molecular weight excluding hydrogens is 162 g/mol. The van der Waals surface area contributed by atoms with Crippen LogP contribution in [0, 0.1) is 0 Å². The Morgan fingerprint density at radius 2 is 1.85 bits per heavy atom. The molecule has 2 atom stereocenters. The number of nitrogens with two attached hydrogens (primary N) is 1. The Hall–Kier alpha value is -0.0800. The third kappa shape index (κ3) is 9.84. The average molecular weight is 187 g/mol. The van der Waals surface area contributed by atoms with Gasteiger partial charge in [0.15, 0.2) is 0 Å². The van der Waals surface area contributed by atoms with Gasteiger partial charge >= 0.3 is 0 Å². The SMILES string of the molecule is CCCCCCC(C)OC[C@H](C)N. The lowest BCUT2D eigenvalue weighted by Gasteiger charge is -2.14. The van der Waals surface area contributed by atoms with Crippen LogP contribution in [0.15, 0.2) is 0 Å². The van der Waals surface area contributed by atoms with E-state index in [9.17, 15) is 0 Å². The van der Waals surface area contributed by atoms with Crippen molar-refractivity contribution in [3.63, 3.8) is 0 Å². The molecule has 0 aromatic carbocycles. The van der Waals surface area contributed by atoms with E-state index in [-0.39, 0.29) is 6.04 Å². The molecular formula is C11H25NO. The van der Waals surface area contributed by atoms with Crippen molar-refractivity contribution >= 4 is 0 Å². The lowest BCUT2D eigenvalue weighted by atomic mass is 10.1. The quantitative estimate of drug-likeness (QED) is 0.593. The third-order valence-electron chi connectivity index (χ3n) is 2.11. The molecule has 0 rings (SSSR count). The van der Waals surface area contributed by atoms with Crippen molar-refractivity contribution in [2.24, 2.45) is 5.73 Å². The Balaban J connectivity index is 3.15. The molecule has 0 aromatic rings. The standard InChI is InChI=1S/C11H25NO/c1-4-5-6-7-8-11(3)13-9-10(2)12/h10-11H,4-9,12H2,1-3H3/t10-,11?/m0/s1. The monoisotopic (exact) mass is 187 g/mol. The summed E-state index contributed by atoms with van der Waals surface area (Å²) in [5.41, 5.74) is 5.59. The molecule has 80 valence electrons. The fraction of sp³-hybridized carbons (Fsp3) is 1.00. The van der Waals surface area contributed by atoms with E-state index in [1.807, 2.05) is 6.92 Å². The first-order valence-corrected chi connectivity index (χ1v) is 5.54. The van der Waals surface area contributed by atoms with Crippen LogP contribution in [0.3, 0.4) is 0 Å². The second-order valence-corrected chi connectivity index (χ2v) is 3.97. The first kappa shape index (κ1) is 12.9. The van der Waals surface area contributed by atoms with Gasteiger partial charge in [-0.2, -0.15) is 0 Å². The molecule has 2 N–H and O–H groups in total. The van der Waals surface area contributed by atoms with Crippen LogP contribution in [0.5, 0.6) is 0 Å². The van der Waals surface area contributed by atoms with Crippen LogP contribution in [0.1, 0.15) is 52.9 Å². The summed E-state index contributed by atoms with van der Waals surface area (Å²) in [7, 11) is 0. The van der Waals surface area contributed by atoms with Gasteiger partial charge in [-0.1, -0.05) is 32.6 Å². The predicted molar refractivity (Wildman–Crippen MR) is 57.8 cm³/mol. The second kappa shape index (κ2) is 8.52. The summed E-state index contributed by atoms with van der Waals surface area (Å²) in [4.78, 5) is 0. The molecule has 0 fully saturated rings. The van der Waals surface area contributed by atoms with E-state index in [1.165, 1.54) is 32.1 Å². The van der Waals surface area contributed by atoms with E-state index in [2.05, 4.69) is 13.8 Å². The fourth-order valence-electron chi connectivity index (χ4n) is 1.26. The van der Waals surface area contributed by atoms with Crippen LogP contribution < -0.4 is 5.73 Å². The summed E-state index contributed by atoms with van der Waals surface area (Å²) in [5, 5.41) is 0. The Bertz CT molecular complexity index is 104. The van der Waals surface area contributed by atoms with Crippen molar-refractivity contribution in [2.75, 3.05) is 6.61 Å². The molecule has 1 unspecified atom stereocenters. The van der Waals surface area contributed by atoms with Crippen LogP contribution in [0.4, 0.5) is 0 Å². The summed E-state index contributed by atoms with van der Waals surface area (Å²) in [6.45, 7) is 7.03. The van der Waals surface area contributed by atoms with E-state index in [0.717, 1.165) is 0 Å². The van der Waals surface area contributed by atoms with Crippen LogP contribution >= 0.6 is 0 Å². The molecule has 2 heteroatoms. The molecule has 0 saturated carbocycles. The second-order valence-electron chi connectivity index (χ2n) is 3.97. The number of ether oxygens (including phenoxy) is 1. The predicted octanol–water partition coefficient (Wildman–Crippen LogP) is 2.71. The fourth-order valence-corrected chi connectivity index (χ4v) is 1.26. The maximum absolute atomic E-state index is 5.59. The summed E-state index contributed by atoms with van der Waals surface area (Å²) < 4.78 is 5.56. The molecule has 0 radical (unpaired) electrons. The van der Waals surface area contributed by atoms with Gasteiger partial charge in [0.05, 0.1) is 12.7 Å². The molecule has 0 heterocycles. The highest BCUT2D eigenvalue weighted by Gasteiger charge is 2.02. The molecule has 0 aliphatic carbocycles. The van der Waals surface area contributed by atoms with Gasteiger partial charge in [0.25, 0.3) is 0 Å². The van der Waals surface area contributed by atoms with Gasteiger partial charge in [0, 0.05) is 6.04 Å². The number of hydrogen-bond acceptors (Lipinski definition) is 2. The van der Waals surface area contributed by atoms with Crippen molar-refractivity contribution in [3.05, 3.63) is 0 Å². The van der Waals surface area contributed by atoms with Gasteiger partial charge in [-0.25, -0.2) is 0 Å². The first-order valence-electron chi connectivity index (χ1n) is 5.54. The highest BCUT2D eigenvalue weighted by atomic mass is 16.5. The maximum atomic E-state index is 5.59. The van der Waals surface area contributed by atoms with E-state index in [4.69, 9.17) is 10.5 Å². The van der Waals surface area contributed by atoms with Gasteiger partial charge in [-0.15, -0.1) is 0 Å². The molecule has 0 aliphatic rings. The molecule has 0 saturated heterocycles. The Labute approximate surface area is 82.8 Å². The first-order chi connectivity index (χ1) is 6.16. The summed E-state index contributed by atoms with van der Waals surface area (Å²) >= 11 is 0. The normalized spacial score (nSPS) is 15.7. The van der Waals surface area contributed by atoms with Crippen molar-refractivity contribution in [2.45, 2.75) is 65.0 Å². The van der Waals surface area contributed by atoms with E-state index in [0.29, 0.717) is 12.7 Å². The number of unbranched alkanes of at least 4 members (excludes halogenated alkanes) is 3. The maximum Gasteiger partial charge on any atom is 0.0618 e. The summed E-state index contributed by atoms with van der Waals surface area (Å²) in [6.07, 6.45) is 6.82. The van der Waals surface area contributed by atoms with Crippen molar-refractivity contribution in [3.8, 4) is 0 Å². The smallest absolute Gasteiger partial charge is 0.0618 e. The Morgan fingerprint density at radius 1 is 1.15 bits per heavy atom. The molecule has 0 aliphatic heterocycles. The van der Waals surface area contributed by atoms with Crippen LogP contribution in [-0.4, -0.2) is 18.8 Å². The molecule has 0 bridgehead atoms. The molecule has 2 nitrogen and oxygen atoms in total. The van der Waals surface area contributed by atoms with Gasteiger partial charge in [0.2, 0.25) is 0 Å². The minimum atomic E-state index is 0.165. The van der Waals surface area contributed by atoms with Gasteiger partial charge in [-0.05, 0) is 20.3 Å². The largest absolute Gasteiger partial charge is 0.377 e. The summed E-state index contributed by atoms with van der Waals surface area (Å²) in [6, 6.07) is 0.165. The average Bonchev–Trinajstić information content (AvgIpc) is 2.09. The number of hydrogen-bond donors (Lipinski definition) is 1. The van der Waals surface area contributed by atoms with E-state index in [1.54, 1.807) is 0 Å². The Morgan fingerprint density at radius 3 is 2.38 bits per heavy atom. The Kier molecular flexibility index (Phi) is 8.46. The topological polar surface area (TPSA) is 35.2 Å².